The van der Waals surface area contributed by atoms with Crippen molar-refractivity contribution in [2.24, 2.45) is 5.41 Å². The number of hydrogen-bond acceptors (Lipinski definition) is 4. The lowest BCUT2D eigenvalue weighted by atomic mass is 9.69. The zero-order valence-electron chi connectivity index (χ0n) is 14.8. The van der Waals surface area contributed by atoms with Crippen molar-refractivity contribution in [3.63, 3.8) is 0 Å². The van der Waals surface area contributed by atoms with Gasteiger partial charge in [0, 0.05) is 43.8 Å². The topological polar surface area (TPSA) is 39.3 Å². The van der Waals surface area contributed by atoms with Crippen LogP contribution in [0.25, 0.3) is 0 Å². The smallest absolute Gasteiger partial charge is 0.0664 e. The van der Waals surface area contributed by atoms with E-state index in [0.717, 1.165) is 39.3 Å². The van der Waals surface area contributed by atoms with E-state index in [2.05, 4.69) is 62.4 Å². The number of rotatable bonds is 5. The summed E-state index contributed by atoms with van der Waals surface area (Å²) in [6, 6.07) is 0. The lowest BCUT2D eigenvalue weighted by Crippen LogP contribution is -2.55. The number of nitrogens with one attached hydrogen (secondary N) is 3. The van der Waals surface area contributed by atoms with Gasteiger partial charge < -0.3 is 5.32 Å². The van der Waals surface area contributed by atoms with Crippen LogP contribution >= 0.6 is 0 Å². The molecule has 0 saturated carbocycles. The van der Waals surface area contributed by atoms with E-state index < -0.39 is 0 Å². The average Bonchev–Trinajstić information content (AvgIpc) is 3.11. The molecule has 0 atom stereocenters. The Labute approximate surface area is 130 Å². The van der Waals surface area contributed by atoms with E-state index >= 15 is 0 Å². The van der Waals surface area contributed by atoms with Crippen LogP contribution in [-0.4, -0.2) is 49.5 Å². The molecule has 2 rings (SSSR count). The van der Waals surface area contributed by atoms with Gasteiger partial charge in [-0.2, -0.15) is 0 Å². The first-order chi connectivity index (χ1) is 9.81. The minimum absolute atomic E-state index is 0.0824. The van der Waals surface area contributed by atoms with Crippen LogP contribution in [0.3, 0.4) is 0 Å². The van der Waals surface area contributed by atoms with E-state index in [-0.39, 0.29) is 11.0 Å². The summed E-state index contributed by atoms with van der Waals surface area (Å²) in [6.45, 7) is 19.5. The second kappa shape index (κ2) is 6.37. The zero-order chi connectivity index (χ0) is 15.7. The van der Waals surface area contributed by atoms with Gasteiger partial charge in [-0.25, -0.2) is 0 Å². The van der Waals surface area contributed by atoms with Crippen LogP contribution in [0.15, 0.2) is 11.1 Å². The molecule has 0 aromatic carbocycles. The van der Waals surface area contributed by atoms with Crippen LogP contribution in [0, 0.1) is 5.41 Å². The molecule has 3 N–H and O–H groups in total. The Bertz CT molecular complexity index is 356. The fraction of sp³-hybridized carbons (Fsp3) is 0.882. The molecule has 2 saturated heterocycles. The maximum absolute atomic E-state index is 3.64. The fourth-order valence-corrected chi connectivity index (χ4v) is 4.34. The lowest BCUT2D eigenvalue weighted by molar-refractivity contribution is 0.141. The standard InChI is InChI=1S/C17H34N4/c1-7-13(2)14(16(3,4)15-19-8-9-20-15)17(5,6)21-11-10-18-12-21/h15,18-20H,7-12H2,1-6H3. The molecule has 0 aliphatic carbocycles. The molecular formula is C17H34N4. The van der Waals surface area contributed by atoms with Gasteiger partial charge in [0.05, 0.1) is 6.17 Å². The first kappa shape index (κ1) is 16.9. The SMILES string of the molecule is CCC(C)=C(C(C)(C)C1NCCN1)C(C)(C)N1CCNC1. The molecular weight excluding hydrogens is 260 g/mol. The summed E-state index contributed by atoms with van der Waals surface area (Å²) >= 11 is 0. The summed E-state index contributed by atoms with van der Waals surface area (Å²) in [5.41, 5.74) is 3.31. The van der Waals surface area contributed by atoms with Crippen LogP contribution in [-0.2, 0) is 0 Å². The summed E-state index contributed by atoms with van der Waals surface area (Å²) in [5.74, 6) is 0. The highest BCUT2D eigenvalue weighted by Crippen LogP contribution is 2.43. The quantitative estimate of drug-likeness (QED) is 0.677. The molecule has 2 aliphatic heterocycles. The van der Waals surface area contributed by atoms with E-state index in [1.165, 1.54) is 5.57 Å². The van der Waals surface area contributed by atoms with Gasteiger partial charge in [0.15, 0.2) is 0 Å². The Kier molecular flexibility index (Phi) is 5.14. The minimum atomic E-state index is 0.0824. The average molecular weight is 294 g/mol. The van der Waals surface area contributed by atoms with Gasteiger partial charge in [-0.05, 0) is 32.8 Å². The maximum atomic E-state index is 3.64. The third kappa shape index (κ3) is 3.19. The molecule has 0 spiro atoms. The molecule has 21 heavy (non-hydrogen) atoms. The number of allylic oxidation sites excluding steroid dienone is 1. The summed E-state index contributed by atoms with van der Waals surface area (Å²) < 4.78 is 0. The van der Waals surface area contributed by atoms with E-state index in [1.807, 2.05) is 0 Å². The molecule has 0 aromatic heterocycles. The lowest BCUT2D eigenvalue weighted by Gasteiger charge is -2.47. The van der Waals surface area contributed by atoms with Crippen LogP contribution in [0.2, 0.25) is 0 Å². The Morgan fingerprint density at radius 2 is 1.71 bits per heavy atom. The molecule has 122 valence electrons. The second-order valence-electron chi connectivity index (χ2n) is 7.55. The Morgan fingerprint density at radius 1 is 1.10 bits per heavy atom. The Morgan fingerprint density at radius 3 is 2.19 bits per heavy atom. The van der Waals surface area contributed by atoms with Crippen molar-refractivity contribution in [1.29, 1.82) is 0 Å². The number of hydrogen-bond donors (Lipinski definition) is 3. The van der Waals surface area contributed by atoms with Crippen molar-refractivity contribution in [3.8, 4) is 0 Å². The first-order valence-corrected chi connectivity index (χ1v) is 8.45. The van der Waals surface area contributed by atoms with Crippen LogP contribution in [0.5, 0.6) is 0 Å². The molecule has 0 aromatic rings. The van der Waals surface area contributed by atoms with E-state index in [0.29, 0.717) is 6.17 Å². The van der Waals surface area contributed by atoms with E-state index in [9.17, 15) is 0 Å². The molecule has 2 aliphatic rings. The third-order valence-corrected chi connectivity index (χ3v) is 5.41. The zero-order valence-corrected chi connectivity index (χ0v) is 14.8. The largest absolute Gasteiger partial charge is 0.303 e. The first-order valence-electron chi connectivity index (χ1n) is 8.45. The summed E-state index contributed by atoms with van der Waals surface area (Å²) in [7, 11) is 0. The van der Waals surface area contributed by atoms with Crippen molar-refractivity contribution in [2.45, 2.75) is 59.7 Å². The highest BCUT2D eigenvalue weighted by molar-refractivity contribution is 5.32. The van der Waals surface area contributed by atoms with E-state index in [4.69, 9.17) is 0 Å². The maximum Gasteiger partial charge on any atom is 0.0664 e. The number of nitrogens with zero attached hydrogens (tertiary/aromatic N) is 1. The molecule has 0 unspecified atom stereocenters. The molecule has 4 heteroatoms. The van der Waals surface area contributed by atoms with Gasteiger partial charge in [-0.15, -0.1) is 0 Å². The van der Waals surface area contributed by atoms with Gasteiger partial charge in [0.2, 0.25) is 0 Å². The van der Waals surface area contributed by atoms with Crippen molar-refractivity contribution >= 4 is 0 Å². The van der Waals surface area contributed by atoms with Crippen molar-refractivity contribution < 1.29 is 0 Å². The van der Waals surface area contributed by atoms with Gasteiger partial charge >= 0.3 is 0 Å². The highest BCUT2D eigenvalue weighted by Gasteiger charge is 2.45. The molecule has 4 nitrogen and oxygen atoms in total. The van der Waals surface area contributed by atoms with E-state index in [1.54, 1.807) is 5.57 Å². The van der Waals surface area contributed by atoms with Gasteiger partial charge in [0.1, 0.15) is 0 Å². The van der Waals surface area contributed by atoms with Gasteiger partial charge in [0.25, 0.3) is 0 Å². The van der Waals surface area contributed by atoms with Gasteiger partial charge in [-0.1, -0.05) is 26.3 Å². The fourth-order valence-electron chi connectivity index (χ4n) is 4.34. The molecule has 2 fully saturated rings. The molecule has 2 heterocycles. The molecule has 0 radical (unpaired) electrons. The van der Waals surface area contributed by atoms with Crippen LogP contribution in [0.1, 0.15) is 48.0 Å². The van der Waals surface area contributed by atoms with Crippen LogP contribution in [0.4, 0.5) is 0 Å². The predicted octanol–water partition coefficient (Wildman–Crippen LogP) is 1.90. The van der Waals surface area contributed by atoms with Crippen molar-refractivity contribution in [3.05, 3.63) is 11.1 Å². The summed E-state index contributed by atoms with van der Waals surface area (Å²) in [6.07, 6.45) is 1.49. The monoisotopic (exact) mass is 294 g/mol. The highest BCUT2D eigenvalue weighted by atomic mass is 15.3. The van der Waals surface area contributed by atoms with Crippen LogP contribution < -0.4 is 16.0 Å². The third-order valence-electron chi connectivity index (χ3n) is 5.41. The Hall–Kier alpha value is -0.420. The normalized spacial score (nSPS) is 23.7. The summed E-state index contributed by atoms with van der Waals surface area (Å²) in [4.78, 5) is 2.58. The predicted molar refractivity (Wildman–Crippen MR) is 90.2 cm³/mol. The van der Waals surface area contributed by atoms with Crippen molar-refractivity contribution in [2.75, 3.05) is 32.8 Å². The Balaban J connectivity index is 2.38. The minimum Gasteiger partial charge on any atom is -0.303 e. The summed E-state index contributed by atoms with van der Waals surface area (Å²) in [5, 5.41) is 10.8. The van der Waals surface area contributed by atoms with Gasteiger partial charge in [-0.3, -0.25) is 15.5 Å². The molecule has 0 bridgehead atoms. The molecule has 0 amide bonds. The van der Waals surface area contributed by atoms with Crippen molar-refractivity contribution in [1.82, 2.24) is 20.9 Å². The second-order valence-corrected chi connectivity index (χ2v) is 7.55.